The van der Waals surface area contributed by atoms with Gasteiger partial charge in [0.05, 0.1) is 5.56 Å². The van der Waals surface area contributed by atoms with Crippen LogP contribution in [0.5, 0.6) is 5.75 Å². The molecule has 0 spiro atoms. The highest BCUT2D eigenvalue weighted by Gasteiger charge is 2.20. The molecular weight excluding hydrogens is 394 g/mol. The molecule has 3 rings (SSSR count). The number of alkyl halides is 2. The number of aryl methyl sites for hydroxylation is 1. The monoisotopic (exact) mass is 412 g/mol. The van der Waals surface area contributed by atoms with Gasteiger partial charge in [-0.3, -0.25) is 0 Å². The van der Waals surface area contributed by atoms with Crippen molar-refractivity contribution in [2.45, 2.75) is 39.2 Å². The van der Waals surface area contributed by atoms with Crippen molar-refractivity contribution in [2.75, 3.05) is 0 Å². The summed E-state index contributed by atoms with van der Waals surface area (Å²) in [5.41, 5.74) is 0.290. The summed E-state index contributed by atoms with van der Waals surface area (Å²) >= 11 is 0. The van der Waals surface area contributed by atoms with Crippen LogP contribution in [0.4, 0.5) is 26.3 Å². The smallest absolute Gasteiger partial charge is 0.387 e. The van der Waals surface area contributed by atoms with Gasteiger partial charge in [-0.2, -0.15) is 8.78 Å². The van der Waals surface area contributed by atoms with E-state index in [0.29, 0.717) is 12.0 Å². The maximum Gasteiger partial charge on any atom is 0.387 e. The zero-order chi connectivity index (χ0) is 21.1. The molecule has 3 aromatic carbocycles. The number of unbranched alkanes of at least 4 members (excludes halogenated alkanes) is 2. The van der Waals surface area contributed by atoms with E-state index in [-0.39, 0.29) is 21.9 Å². The van der Waals surface area contributed by atoms with E-state index in [1.807, 2.05) is 6.92 Å². The molecule has 0 aliphatic rings. The molecule has 0 heterocycles. The standard InChI is InChI=1S/C22H18F6O/c1-2-3-4-5-12-8-16(23)19(17(24)9-12)13-6-7-15-14(10-13)11-18(25)21(20(15)26)29-22(27)28/h6-11,22H,2-5H2,1H3. The molecule has 0 fully saturated rings. The van der Waals surface area contributed by atoms with Gasteiger partial charge < -0.3 is 4.74 Å². The second-order valence-corrected chi connectivity index (χ2v) is 6.71. The second kappa shape index (κ2) is 8.76. The molecule has 154 valence electrons. The third kappa shape index (κ3) is 4.49. The highest BCUT2D eigenvalue weighted by Crippen LogP contribution is 2.35. The van der Waals surface area contributed by atoms with Crippen LogP contribution in [0.2, 0.25) is 0 Å². The van der Waals surface area contributed by atoms with Crippen molar-refractivity contribution in [2.24, 2.45) is 0 Å². The van der Waals surface area contributed by atoms with Crippen LogP contribution in [0.1, 0.15) is 31.7 Å². The SMILES string of the molecule is CCCCCc1cc(F)c(-c2ccc3c(F)c(OC(F)F)c(F)cc3c2)c(F)c1. The average Bonchev–Trinajstić information content (AvgIpc) is 2.64. The predicted octanol–water partition coefficient (Wildman–Crippen LogP) is 7.40. The summed E-state index contributed by atoms with van der Waals surface area (Å²) in [5, 5.41) is -0.243. The molecule has 0 unspecified atom stereocenters. The molecular formula is C22H18F6O. The molecule has 0 atom stereocenters. The van der Waals surface area contributed by atoms with Crippen molar-refractivity contribution in [3.05, 3.63) is 65.2 Å². The molecule has 0 radical (unpaired) electrons. The molecule has 29 heavy (non-hydrogen) atoms. The Morgan fingerprint density at radius 1 is 0.862 bits per heavy atom. The Kier molecular flexibility index (Phi) is 6.35. The first-order valence-corrected chi connectivity index (χ1v) is 9.16. The van der Waals surface area contributed by atoms with Crippen LogP contribution in [0.3, 0.4) is 0 Å². The summed E-state index contributed by atoms with van der Waals surface area (Å²) in [5.74, 6) is -5.41. The number of hydrogen-bond acceptors (Lipinski definition) is 1. The molecule has 0 aliphatic carbocycles. The lowest BCUT2D eigenvalue weighted by atomic mass is 9.97. The zero-order valence-electron chi connectivity index (χ0n) is 15.5. The third-order valence-electron chi connectivity index (χ3n) is 4.65. The fraction of sp³-hybridized carbons (Fsp3) is 0.273. The fourth-order valence-corrected chi connectivity index (χ4v) is 3.29. The highest BCUT2D eigenvalue weighted by atomic mass is 19.3. The Hall–Kier alpha value is -2.70. The molecule has 0 amide bonds. The van der Waals surface area contributed by atoms with Crippen LogP contribution in [0.15, 0.2) is 36.4 Å². The molecule has 0 bridgehead atoms. The first-order valence-electron chi connectivity index (χ1n) is 9.16. The normalized spacial score (nSPS) is 11.4. The molecule has 3 aromatic rings. The molecule has 0 aromatic heterocycles. The number of benzene rings is 3. The summed E-state index contributed by atoms with van der Waals surface area (Å²) in [4.78, 5) is 0. The molecule has 0 aliphatic heterocycles. The zero-order valence-corrected chi connectivity index (χ0v) is 15.5. The fourth-order valence-electron chi connectivity index (χ4n) is 3.29. The Balaban J connectivity index is 2.02. The lowest BCUT2D eigenvalue weighted by Crippen LogP contribution is -2.06. The van der Waals surface area contributed by atoms with E-state index in [4.69, 9.17) is 0 Å². The molecule has 1 nitrogen and oxygen atoms in total. The summed E-state index contributed by atoms with van der Waals surface area (Å²) < 4.78 is 86.1. The molecule has 7 heteroatoms. The van der Waals surface area contributed by atoms with Gasteiger partial charge in [0.25, 0.3) is 0 Å². The van der Waals surface area contributed by atoms with Crippen molar-refractivity contribution in [3.8, 4) is 16.9 Å². The number of hydrogen-bond donors (Lipinski definition) is 0. The van der Waals surface area contributed by atoms with E-state index in [1.165, 1.54) is 24.3 Å². The molecule has 0 N–H and O–H groups in total. The van der Waals surface area contributed by atoms with Gasteiger partial charge in [-0.25, -0.2) is 17.6 Å². The van der Waals surface area contributed by atoms with Crippen LogP contribution in [0, 0.1) is 23.3 Å². The minimum atomic E-state index is -3.39. The number of rotatable bonds is 7. The number of fused-ring (bicyclic) bond motifs is 1. The van der Waals surface area contributed by atoms with Gasteiger partial charge in [-0.05, 0) is 53.6 Å². The topological polar surface area (TPSA) is 9.23 Å². The molecule has 0 saturated heterocycles. The minimum absolute atomic E-state index is 0.0371. The van der Waals surface area contributed by atoms with Gasteiger partial charge in [0, 0.05) is 5.39 Å². The maximum absolute atomic E-state index is 14.6. The van der Waals surface area contributed by atoms with E-state index >= 15 is 0 Å². The lowest BCUT2D eigenvalue weighted by molar-refractivity contribution is -0.0544. The van der Waals surface area contributed by atoms with Crippen LogP contribution in [-0.2, 0) is 6.42 Å². The Morgan fingerprint density at radius 2 is 1.55 bits per heavy atom. The van der Waals surface area contributed by atoms with Crippen molar-refractivity contribution in [1.29, 1.82) is 0 Å². The summed E-state index contributed by atoms with van der Waals surface area (Å²) in [6, 6.07) is 6.87. The minimum Gasteiger partial charge on any atom is -0.429 e. The molecule has 0 saturated carbocycles. The summed E-state index contributed by atoms with van der Waals surface area (Å²) in [7, 11) is 0. The average molecular weight is 412 g/mol. The van der Waals surface area contributed by atoms with Crippen LogP contribution in [0.25, 0.3) is 21.9 Å². The van der Waals surface area contributed by atoms with E-state index in [1.54, 1.807) is 0 Å². The van der Waals surface area contributed by atoms with E-state index in [9.17, 15) is 26.3 Å². The van der Waals surface area contributed by atoms with Crippen molar-refractivity contribution in [1.82, 2.24) is 0 Å². The van der Waals surface area contributed by atoms with Crippen LogP contribution < -0.4 is 4.74 Å². The largest absolute Gasteiger partial charge is 0.429 e. The first-order chi connectivity index (χ1) is 13.8. The van der Waals surface area contributed by atoms with Crippen molar-refractivity contribution < 1.29 is 31.1 Å². The van der Waals surface area contributed by atoms with Gasteiger partial charge in [-0.15, -0.1) is 0 Å². The number of halogens is 6. The lowest BCUT2D eigenvalue weighted by Gasteiger charge is -2.12. The summed E-state index contributed by atoms with van der Waals surface area (Å²) in [6.07, 6.45) is 3.29. The number of ether oxygens (including phenoxy) is 1. The predicted molar refractivity (Wildman–Crippen MR) is 99.1 cm³/mol. The first kappa shape index (κ1) is 21.0. The Morgan fingerprint density at radius 3 is 2.17 bits per heavy atom. The maximum atomic E-state index is 14.6. The highest BCUT2D eigenvalue weighted by molar-refractivity contribution is 5.89. The van der Waals surface area contributed by atoms with E-state index in [0.717, 1.165) is 31.4 Å². The van der Waals surface area contributed by atoms with Crippen molar-refractivity contribution >= 4 is 10.8 Å². The summed E-state index contributed by atoms with van der Waals surface area (Å²) in [6.45, 7) is -1.37. The van der Waals surface area contributed by atoms with Gasteiger partial charge in [0.2, 0.25) is 0 Å². The quantitative estimate of drug-likeness (QED) is 0.290. The van der Waals surface area contributed by atoms with E-state index < -0.39 is 35.6 Å². The van der Waals surface area contributed by atoms with E-state index in [2.05, 4.69) is 4.74 Å². The van der Waals surface area contributed by atoms with Gasteiger partial charge >= 0.3 is 6.61 Å². The van der Waals surface area contributed by atoms with Gasteiger partial charge in [-0.1, -0.05) is 31.9 Å². The van der Waals surface area contributed by atoms with Crippen LogP contribution >= 0.6 is 0 Å². The van der Waals surface area contributed by atoms with Gasteiger partial charge in [0.15, 0.2) is 17.4 Å². The van der Waals surface area contributed by atoms with Crippen LogP contribution in [-0.4, -0.2) is 6.61 Å². The Labute approximate surface area is 163 Å². The van der Waals surface area contributed by atoms with Gasteiger partial charge in [0.1, 0.15) is 11.6 Å². The second-order valence-electron chi connectivity index (χ2n) is 6.71. The Bertz CT molecular complexity index is 1010. The third-order valence-corrected chi connectivity index (χ3v) is 4.65. The van der Waals surface area contributed by atoms with Crippen molar-refractivity contribution in [3.63, 3.8) is 0 Å².